The molecule has 298 valence electrons. The summed E-state index contributed by atoms with van der Waals surface area (Å²) in [5, 5.41) is 8.44. The summed E-state index contributed by atoms with van der Waals surface area (Å²) >= 11 is 1.81. The van der Waals surface area contributed by atoms with Crippen molar-refractivity contribution in [3.8, 4) is 51.2 Å². The quantitative estimate of drug-likeness (QED) is 0.173. The highest BCUT2D eigenvalue weighted by Crippen LogP contribution is 2.50. The molecule has 13 aromatic rings. The molecule has 0 saturated heterocycles. The summed E-state index contributed by atoms with van der Waals surface area (Å²) in [6.45, 7) is 0. The van der Waals surface area contributed by atoms with Crippen molar-refractivity contribution in [2.75, 3.05) is 0 Å². The molecule has 0 aliphatic carbocycles. The largest absolute Gasteiger partial charge is 0.309 e. The van der Waals surface area contributed by atoms with Crippen LogP contribution in [0.15, 0.2) is 216 Å². The van der Waals surface area contributed by atoms with E-state index in [0.717, 1.165) is 66.1 Å². The molecular weight excluding hydrogens is 801 g/mol. The first-order valence-electron chi connectivity index (χ1n) is 21.5. The third-order valence-corrected chi connectivity index (χ3v) is 14.0. The van der Waals surface area contributed by atoms with Gasteiger partial charge >= 0.3 is 0 Å². The second kappa shape index (κ2) is 13.6. The predicted molar refractivity (Wildman–Crippen MR) is 263 cm³/mol. The minimum atomic E-state index is 0.618. The lowest BCUT2D eigenvalue weighted by molar-refractivity contribution is 1.02. The third kappa shape index (κ3) is 5.13. The molecule has 7 heteroatoms. The SMILES string of the molecule is c1ccc(-n2c3ccccc3c3c4cccc5c4n(c32)-c2ccc(-c3nc(-c4cccc(-n6c7ccccc7c7ccccc76)c4)nc(-c4cccc6ccccc46)n3)cc2S5)cc1. The van der Waals surface area contributed by atoms with Gasteiger partial charge in [-0.3, -0.25) is 9.13 Å². The zero-order valence-electron chi connectivity index (χ0n) is 34.2. The number of aromatic nitrogens is 6. The van der Waals surface area contributed by atoms with E-state index in [9.17, 15) is 0 Å². The van der Waals surface area contributed by atoms with Gasteiger partial charge in [0, 0.05) is 64.8 Å². The third-order valence-electron chi connectivity index (χ3n) is 12.9. The van der Waals surface area contributed by atoms with Crippen LogP contribution in [0.1, 0.15) is 0 Å². The van der Waals surface area contributed by atoms with E-state index >= 15 is 0 Å². The van der Waals surface area contributed by atoms with E-state index in [1.807, 2.05) is 11.8 Å². The highest BCUT2D eigenvalue weighted by atomic mass is 32.2. The smallest absolute Gasteiger partial charge is 0.164 e. The van der Waals surface area contributed by atoms with E-state index in [1.54, 1.807) is 0 Å². The van der Waals surface area contributed by atoms with Gasteiger partial charge < -0.3 is 4.57 Å². The molecule has 4 aromatic heterocycles. The molecule has 5 heterocycles. The van der Waals surface area contributed by atoms with Crippen molar-refractivity contribution in [1.29, 1.82) is 0 Å². The molecule has 14 rings (SSSR count). The molecule has 0 N–H and O–H groups in total. The van der Waals surface area contributed by atoms with Crippen LogP contribution >= 0.6 is 11.8 Å². The van der Waals surface area contributed by atoms with Crippen molar-refractivity contribution in [3.63, 3.8) is 0 Å². The first kappa shape index (κ1) is 35.3. The maximum atomic E-state index is 5.33. The molecule has 0 amide bonds. The maximum Gasteiger partial charge on any atom is 0.164 e. The van der Waals surface area contributed by atoms with E-state index in [2.05, 4.69) is 220 Å². The van der Waals surface area contributed by atoms with Crippen molar-refractivity contribution < 1.29 is 0 Å². The van der Waals surface area contributed by atoms with Gasteiger partial charge in [0.15, 0.2) is 17.5 Å². The van der Waals surface area contributed by atoms with Crippen LogP contribution in [-0.2, 0) is 0 Å². The molecule has 1 aliphatic heterocycles. The molecule has 1 aliphatic rings. The molecule has 6 nitrogen and oxygen atoms in total. The fraction of sp³-hybridized carbons (Fsp3) is 0. The maximum absolute atomic E-state index is 5.33. The zero-order valence-corrected chi connectivity index (χ0v) is 35.0. The van der Waals surface area contributed by atoms with Crippen LogP contribution in [0, 0.1) is 0 Å². The van der Waals surface area contributed by atoms with Crippen molar-refractivity contribution in [2.45, 2.75) is 9.79 Å². The highest BCUT2D eigenvalue weighted by Gasteiger charge is 2.28. The van der Waals surface area contributed by atoms with Gasteiger partial charge in [-0.15, -0.1) is 0 Å². The summed E-state index contributed by atoms with van der Waals surface area (Å²) in [5.74, 6) is 1.88. The van der Waals surface area contributed by atoms with Crippen LogP contribution in [-0.4, -0.2) is 28.7 Å². The van der Waals surface area contributed by atoms with Gasteiger partial charge in [0.25, 0.3) is 0 Å². The Kier molecular flexibility index (Phi) is 7.52. The normalized spacial score (nSPS) is 12.3. The number of nitrogens with zero attached hydrogens (tertiary/aromatic N) is 6. The molecule has 64 heavy (non-hydrogen) atoms. The minimum absolute atomic E-state index is 0.618. The Balaban J connectivity index is 0.982. The summed E-state index contributed by atoms with van der Waals surface area (Å²) < 4.78 is 7.24. The highest BCUT2D eigenvalue weighted by molar-refractivity contribution is 7.99. The second-order valence-electron chi connectivity index (χ2n) is 16.4. The second-order valence-corrected chi connectivity index (χ2v) is 17.5. The number of rotatable bonds is 5. The Morgan fingerprint density at radius 2 is 0.938 bits per heavy atom. The molecule has 0 bridgehead atoms. The van der Waals surface area contributed by atoms with Gasteiger partial charge in [-0.05, 0) is 77.5 Å². The van der Waals surface area contributed by atoms with Crippen LogP contribution in [0.4, 0.5) is 0 Å². The van der Waals surface area contributed by atoms with E-state index in [4.69, 9.17) is 15.0 Å². The fourth-order valence-electron chi connectivity index (χ4n) is 10.1. The van der Waals surface area contributed by atoms with Gasteiger partial charge in [0.1, 0.15) is 5.65 Å². The van der Waals surface area contributed by atoms with Crippen molar-refractivity contribution in [3.05, 3.63) is 206 Å². The fourth-order valence-corrected chi connectivity index (χ4v) is 11.2. The molecular formula is C57H34N6S. The van der Waals surface area contributed by atoms with Gasteiger partial charge in [0.2, 0.25) is 0 Å². The van der Waals surface area contributed by atoms with E-state index in [0.29, 0.717) is 17.5 Å². The van der Waals surface area contributed by atoms with Crippen molar-refractivity contribution in [1.82, 2.24) is 28.7 Å². The summed E-state index contributed by atoms with van der Waals surface area (Å²) in [5.41, 5.74) is 12.0. The Morgan fingerprint density at radius 3 is 1.72 bits per heavy atom. The van der Waals surface area contributed by atoms with Crippen molar-refractivity contribution in [2.24, 2.45) is 0 Å². The van der Waals surface area contributed by atoms with Crippen LogP contribution in [0.5, 0.6) is 0 Å². The molecule has 9 aromatic carbocycles. The number of para-hydroxylation sites is 5. The molecule has 0 fully saturated rings. The molecule has 0 radical (unpaired) electrons. The molecule has 0 saturated carbocycles. The van der Waals surface area contributed by atoms with E-state index in [-0.39, 0.29) is 0 Å². The first-order chi connectivity index (χ1) is 31.7. The van der Waals surface area contributed by atoms with Gasteiger partial charge in [0.05, 0.1) is 27.8 Å². The minimum Gasteiger partial charge on any atom is -0.309 e. The average Bonchev–Trinajstić information content (AvgIpc) is 4.01. The van der Waals surface area contributed by atoms with Crippen LogP contribution in [0.25, 0.3) is 117 Å². The number of hydrogen-bond acceptors (Lipinski definition) is 4. The predicted octanol–water partition coefficient (Wildman–Crippen LogP) is 14.6. The lowest BCUT2D eigenvalue weighted by atomic mass is 10.0. The van der Waals surface area contributed by atoms with Crippen LogP contribution in [0.3, 0.4) is 0 Å². The lowest BCUT2D eigenvalue weighted by Gasteiger charge is -2.22. The topological polar surface area (TPSA) is 53.5 Å². The van der Waals surface area contributed by atoms with Gasteiger partial charge in [-0.1, -0.05) is 151 Å². The van der Waals surface area contributed by atoms with Crippen molar-refractivity contribution >= 4 is 77.2 Å². The summed E-state index contributed by atoms with van der Waals surface area (Å²) in [6.07, 6.45) is 0. The summed E-state index contributed by atoms with van der Waals surface area (Å²) in [6, 6.07) is 73.5. The van der Waals surface area contributed by atoms with E-state index < -0.39 is 0 Å². The van der Waals surface area contributed by atoms with Crippen LogP contribution < -0.4 is 0 Å². The Morgan fingerprint density at radius 1 is 0.359 bits per heavy atom. The summed E-state index contributed by atoms with van der Waals surface area (Å²) in [4.78, 5) is 18.3. The van der Waals surface area contributed by atoms with Gasteiger partial charge in [-0.25, -0.2) is 15.0 Å². The number of hydrogen-bond donors (Lipinski definition) is 0. The lowest BCUT2D eigenvalue weighted by Crippen LogP contribution is -2.06. The average molecular weight is 835 g/mol. The Bertz CT molecular complexity index is 4010. The van der Waals surface area contributed by atoms with E-state index in [1.165, 1.54) is 42.9 Å². The standard InChI is InChI=1S/C57H34N6S/c1-2-18-38(19-3-1)62-48-29-11-8-24-44(48)52-45-26-14-30-50-53(45)63(57(52)62)49-32-31-37(34-51(49)64-50)55-58-54(59-56(60-55)43-25-13-16-35-15-4-5-21-40(35)43)36-17-12-20-39(33-36)61-46-27-9-6-22-41(46)42-23-7-10-28-47(42)61/h1-34H. The zero-order chi connectivity index (χ0) is 41.9. The Hall–Kier alpha value is -8.26. The monoisotopic (exact) mass is 834 g/mol. The Labute approximate surface area is 371 Å². The first-order valence-corrected chi connectivity index (χ1v) is 22.3. The molecule has 0 spiro atoms. The number of benzene rings is 9. The van der Waals surface area contributed by atoms with Gasteiger partial charge in [-0.2, -0.15) is 0 Å². The van der Waals surface area contributed by atoms with Crippen LogP contribution in [0.2, 0.25) is 0 Å². The number of fused-ring (bicyclic) bond motifs is 11. The summed E-state index contributed by atoms with van der Waals surface area (Å²) in [7, 11) is 0. The molecule has 0 unspecified atom stereocenters. The molecule has 0 atom stereocenters.